The zero-order valence-corrected chi connectivity index (χ0v) is 10.0. The summed E-state index contributed by atoms with van der Waals surface area (Å²) in [6, 6.07) is 0.599. The number of methoxy groups -OCH3 is 1. The van der Waals surface area contributed by atoms with Crippen LogP contribution in [0.4, 0.5) is 0 Å². The average molecular weight is 215 g/mol. The van der Waals surface area contributed by atoms with Gasteiger partial charge in [-0.2, -0.15) is 0 Å². The molecule has 3 unspecified atom stereocenters. The molecular weight excluding hydrogens is 190 g/mol. The lowest BCUT2D eigenvalue weighted by Gasteiger charge is -2.18. The SMILES string of the molecule is COCC(O)CNC1CCCC(C)CC1. The first-order chi connectivity index (χ1) is 7.22. The minimum Gasteiger partial charge on any atom is -0.389 e. The molecule has 3 heteroatoms. The van der Waals surface area contributed by atoms with Gasteiger partial charge >= 0.3 is 0 Å². The van der Waals surface area contributed by atoms with Crippen molar-refractivity contribution in [3.8, 4) is 0 Å². The van der Waals surface area contributed by atoms with Crippen molar-refractivity contribution in [2.24, 2.45) is 5.92 Å². The van der Waals surface area contributed by atoms with Gasteiger partial charge in [-0.25, -0.2) is 0 Å². The minimum absolute atomic E-state index is 0.365. The van der Waals surface area contributed by atoms with E-state index in [-0.39, 0.29) is 6.10 Å². The zero-order chi connectivity index (χ0) is 11.1. The Morgan fingerprint density at radius 1 is 1.33 bits per heavy atom. The second-order valence-corrected chi connectivity index (χ2v) is 4.83. The average Bonchev–Trinajstić information content (AvgIpc) is 2.41. The van der Waals surface area contributed by atoms with Gasteiger partial charge in [0, 0.05) is 19.7 Å². The van der Waals surface area contributed by atoms with E-state index in [0.717, 1.165) is 5.92 Å². The Kier molecular flexibility index (Phi) is 6.22. The highest BCUT2D eigenvalue weighted by atomic mass is 16.5. The summed E-state index contributed by atoms with van der Waals surface area (Å²) in [6.07, 6.45) is 6.14. The first kappa shape index (κ1) is 12.9. The Morgan fingerprint density at radius 2 is 2.13 bits per heavy atom. The molecule has 0 bridgehead atoms. The predicted octanol–water partition coefficient (Wildman–Crippen LogP) is 1.55. The summed E-state index contributed by atoms with van der Waals surface area (Å²) in [5.41, 5.74) is 0. The van der Waals surface area contributed by atoms with Gasteiger partial charge in [-0.3, -0.25) is 0 Å². The van der Waals surface area contributed by atoms with Crippen LogP contribution >= 0.6 is 0 Å². The third-order valence-corrected chi connectivity index (χ3v) is 3.26. The highest BCUT2D eigenvalue weighted by Crippen LogP contribution is 2.22. The van der Waals surface area contributed by atoms with Gasteiger partial charge in [-0.15, -0.1) is 0 Å². The van der Waals surface area contributed by atoms with Crippen molar-refractivity contribution >= 4 is 0 Å². The Hall–Kier alpha value is -0.120. The monoisotopic (exact) mass is 215 g/mol. The number of ether oxygens (including phenoxy) is 1. The third kappa shape index (κ3) is 5.50. The van der Waals surface area contributed by atoms with E-state index in [1.165, 1.54) is 32.1 Å². The minimum atomic E-state index is -0.365. The van der Waals surface area contributed by atoms with E-state index in [2.05, 4.69) is 12.2 Å². The smallest absolute Gasteiger partial charge is 0.0897 e. The van der Waals surface area contributed by atoms with E-state index in [1.54, 1.807) is 7.11 Å². The molecule has 1 fully saturated rings. The lowest BCUT2D eigenvalue weighted by Crippen LogP contribution is -2.37. The van der Waals surface area contributed by atoms with Crippen LogP contribution in [0.3, 0.4) is 0 Å². The summed E-state index contributed by atoms with van der Waals surface area (Å²) in [6.45, 7) is 3.42. The number of hydrogen-bond donors (Lipinski definition) is 2. The molecule has 0 radical (unpaired) electrons. The summed E-state index contributed by atoms with van der Waals surface area (Å²) in [5, 5.41) is 13.0. The number of rotatable bonds is 5. The van der Waals surface area contributed by atoms with Gasteiger partial charge < -0.3 is 15.2 Å². The summed E-state index contributed by atoms with van der Waals surface area (Å²) < 4.78 is 4.90. The highest BCUT2D eigenvalue weighted by molar-refractivity contribution is 4.74. The molecule has 0 aromatic carbocycles. The lowest BCUT2D eigenvalue weighted by molar-refractivity contribution is 0.0623. The van der Waals surface area contributed by atoms with Crippen molar-refractivity contribution in [1.29, 1.82) is 0 Å². The highest BCUT2D eigenvalue weighted by Gasteiger charge is 2.16. The molecule has 1 rings (SSSR count). The van der Waals surface area contributed by atoms with Crippen LogP contribution in [0.5, 0.6) is 0 Å². The normalized spacial score (nSPS) is 29.8. The maximum Gasteiger partial charge on any atom is 0.0897 e. The Balaban J connectivity index is 2.14. The molecule has 0 spiro atoms. The second-order valence-electron chi connectivity index (χ2n) is 4.83. The number of aliphatic hydroxyl groups is 1. The number of aliphatic hydroxyl groups excluding tert-OH is 1. The first-order valence-corrected chi connectivity index (χ1v) is 6.12. The molecule has 3 nitrogen and oxygen atoms in total. The van der Waals surface area contributed by atoms with Crippen molar-refractivity contribution in [2.75, 3.05) is 20.3 Å². The van der Waals surface area contributed by atoms with Crippen LogP contribution in [-0.2, 0) is 4.74 Å². The molecule has 0 heterocycles. The Bertz CT molecular complexity index is 164. The molecular formula is C12H25NO2. The summed E-state index contributed by atoms with van der Waals surface area (Å²) in [7, 11) is 1.62. The van der Waals surface area contributed by atoms with Gasteiger partial charge in [0.15, 0.2) is 0 Å². The summed E-state index contributed by atoms with van der Waals surface area (Å²) >= 11 is 0. The quantitative estimate of drug-likeness (QED) is 0.684. The van der Waals surface area contributed by atoms with Gasteiger partial charge in [-0.05, 0) is 25.2 Å². The number of hydrogen-bond acceptors (Lipinski definition) is 3. The van der Waals surface area contributed by atoms with Gasteiger partial charge in [0.25, 0.3) is 0 Å². The van der Waals surface area contributed by atoms with Crippen molar-refractivity contribution < 1.29 is 9.84 Å². The third-order valence-electron chi connectivity index (χ3n) is 3.26. The van der Waals surface area contributed by atoms with E-state index in [9.17, 15) is 5.11 Å². The second kappa shape index (κ2) is 7.20. The molecule has 0 aromatic rings. The maximum absolute atomic E-state index is 9.51. The zero-order valence-electron chi connectivity index (χ0n) is 10.0. The van der Waals surface area contributed by atoms with Crippen molar-refractivity contribution in [1.82, 2.24) is 5.32 Å². The van der Waals surface area contributed by atoms with E-state index in [4.69, 9.17) is 4.74 Å². The van der Waals surface area contributed by atoms with Crippen LogP contribution in [0.1, 0.15) is 39.0 Å². The predicted molar refractivity (Wildman–Crippen MR) is 61.9 cm³/mol. The van der Waals surface area contributed by atoms with Crippen LogP contribution in [0.15, 0.2) is 0 Å². The van der Waals surface area contributed by atoms with Crippen molar-refractivity contribution in [2.45, 2.75) is 51.2 Å². The van der Waals surface area contributed by atoms with Crippen molar-refractivity contribution in [3.05, 3.63) is 0 Å². The van der Waals surface area contributed by atoms with E-state index in [1.807, 2.05) is 0 Å². The summed E-state index contributed by atoms with van der Waals surface area (Å²) in [4.78, 5) is 0. The molecule has 90 valence electrons. The van der Waals surface area contributed by atoms with E-state index >= 15 is 0 Å². The maximum atomic E-state index is 9.51. The first-order valence-electron chi connectivity index (χ1n) is 6.12. The largest absolute Gasteiger partial charge is 0.389 e. The fourth-order valence-corrected chi connectivity index (χ4v) is 2.25. The van der Waals surface area contributed by atoms with Gasteiger partial charge in [-0.1, -0.05) is 19.8 Å². The van der Waals surface area contributed by atoms with Crippen LogP contribution in [0, 0.1) is 5.92 Å². The van der Waals surface area contributed by atoms with Gasteiger partial charge in [0.05, 0.1) is 12.7 Å². The molecule has 0 amide bonds. The van der Waals surface area contributed by atoms with Gasteiger partial charge in [0.2, 0.25) is 0 Å². The van der Waals surface area contributed by atoms with Crippen LogP contribution in [0.25, 0.3) is 0 Å². The van der Waals surface area contributed by atoms with E-state index < -0.39 is 0 Å². The molecule has 1 aliphatic carbocycles. The molecule has 15 heavy (non-hydrogen) atoms. The van der Waals surface area contributed by atoms with Crippen molar-refractivity contribution in [3.63, 3.8) is 0 Å². The summed E-state index contributed by atoms with van der Waals surface area (Å²) in [5.74, 6) is 0.876. The van der Waals surface area contributed by atoms with Crippen LogP contribution < -0.4 is 5.32 Å². The Labute approximate surface area is 93.2 Å². The van der Waals surface area contributed by atoms with Gasteiger partial charge in [0.1, 0.15) is 0 Å². The topological polar surface area (TPSA) is 41.5 Å². The lowest BCUT2D eigenvalue weighted by atomic mass is 10.0. The van der Waals surface area contributed by atoms with E-state index in [0.29, 0.717) is 19.2 Å². The van der Waals surface area contributed by atoms with Crippen LogP contribution in [0.2, 0.25) is 0 Å². The fourth-order valence-electron chi connectivity index (χ4n) is 2.25. The Morgan fingerprint density at radius 3 is 2.87 bits per heavy atom. The van der Waals surface area contributed by atoms with Crippen LogP contribution in [-0.4, -0.2) is 37.5 Å². The number of nitrogens with one attached hydrogen (secondary N) is 1. The molecule has 3 atom stereocenters. The molecule has 0 aliphatic heterocycles. The molecule has 1 aliphatic rings. The molecule has 0 saturated heterocycles. The molecule has 0 aromatic heterocycles. The fraction of sp³-hybridized carbons (Fsp3) is 1.00. The molecule has 2 N–H and O–H groups in total. The molecule has 1 saturated carbocycles. The standard InChI is InChI=1S/C12H25NO2/c1-10-4-3-5-11(7-6-10)13-8-12(14)9-15-2/h10-14H,3-9H2,1-2H3.